The maximum atomic E-state index is 11.5. The highest BCUT2D eigenvalue weighted by Gasteiger charge is 2.05. The first-order valence-corrected chi connectivity index (χ1v) is 9.10. The second kappa shape index (κ2) is 13.6. The van der Waals surface area contributed by atoms with E-state index < -0.39 is 0 Å². The molecule has 0 N–H and O–H groups in total. The fourth-order valence-electron chi connectivity index (χ4n) is 2.67. The fraction of sp³-hybridized carbons (Fsp3) is 0.889. The van der Waals surface area contributed by atoms with Gasteiger partial charge in [-0.2, -0.15) is 0 Å². The van der Waals surface area contributed by atoms with E-state index in [1.165, 1.54) is 25.7 Å². The average molecular weight is 312 g/mol. The number of hydrogen-bond donors (Lipinski definition) is 0. The Bertz CT molecular complexity index is 271. The van der Waals surface area contributed by atoms with Crippen LogP contribution in [0.25, 0.3) is 0 Å². The summed E-state index contributed by atoms with van der Waals surface area (Å²) in [6, 6.07) is 0. The summed E-state index contributed by atoms with van der Waals surface area (Å²) in [6.07, 6.45) is 13.8. The highest BCUT2D eigenvalue weighted by atomic mass is 16.5. The van der Waals surface area contributed by atoms with Gasteiger partial charge in [0.1, 0.15) is 0 Å². The zero-order chi connectivity index (χ0) is 15.9. The van der Waals surface area contributed by atoms with Crippen LogP contribution in [0, 0.1) is 0 Å². The molecule has 0 aromatic carbocycles. The van der Waals surface area contributed by atoms with Gasteiger partial charge in [0.25, 0.3) is 0 Å². The molecule has 128 valence electrons. The molecule has 0 amide bonds. The van der Waals surface area contributed by atoms with Gasteiger partial charge in [0.05, 0.1) is 13.2 Å². The van der Waals surface area contributed by atoms with Gasteiger partial charge in [0.15, 0.2) is 0 Å². The Labute approximate surface area is 134 Å². The zero-order valence-corrected chi connectivity index (χ0v) is 13.9. The van der Waals surface area contributed by atoms with Crippen molar-refractivity contribution >= 4 is 11.9 Å². The van der Waals surface area contributed by atoms with Crippen molar-refractivity contribution in [1.82, 2.24) is 0 Å². The largest absolute Gasteiger partial charge is 0.466 e. The van der Waals surface area contributed by atoms with E-state index in [-0.39, 0.29) is 11.9 Å². The standard InChI is InChI=1S/C18H32O4/c19-17-13-9-5-6-10-14-18(20)22-16-12-8-4-2-1-3-7-11-15-21-17/h1-16H2. The van der Waals surface area contributed by atoms with Crippen LogP contribution in [0.15, 0.2) is 0 Å². The van der Waals surface area contributed by atoms with E-state index in [1.807, 2.05) is 0 Å². The van der Waals surface area contributed by atoms with Gasteiger partial charge >= 0.3 is 11.9 Å². The Hall–Kier alpha value is -1.06. The molecule has 1 rings (SSSR count). The van der Waals surface area contributed by atoms with Gasteiger partial charge in [-0.15, -0.1) is 0 Å². The number of hydrogen-bond acceptors (Lipinski definition) is 4. The van der Waals surface area contributed by atoms with Crippen LogP contribution in [-0.2, 0) is 19.1 Å². The average Bonchev–Trinajstić information content (AvgIpc) is 2.50. The Morgan fingerprint density at radius 3 is 1.18 bits per heavy atom. The van der Waals surface area contributed by atoms with Gasteiger partial charge < -0.3 is 9.47 Å². The molecule has 0 aliphatic carbocycles. The highest BCUT2D eigenvalue weighted by Crippen LogP contribution is 2.11. The van der Waals surface area contributed by atoms with E-state index in [4.69, 9.17) is 9.47 Å². The van der Waals surface area contributed by atoms with Gasteiger partial charge in [-0.3, -0.25) is 9.59 Å². The van der Waals surface area contributed by atoms with E-state index in [9.17, 15) is 9.59 Å². The minimum absolute atomic E-state index is 0.0752. The van der Waals surface area contributed by atoms with Crippen LogP contribution in [-0.4, -0.2) is 25.2 Å². The van der Waals surface area contributed by atoms with Gasteiger partial charge in [-0.1, -0.05) is 51.4 Å². The third kappa shape index (κ3) is 11.6. The number of cyclic esters (lactones) is 2. The quantitative estimate of drug-likeness (QED) is 0.616. The van der Waals surface area contributed by atoms with Crippen LogP contribution in [0.2, 0.25) is 0 Å². The molecular formula is C18H32O4. The van der Waals surface area contributed by atoms with Crippen LogP contribution >= 0.6 is 0 Å². The van der Waals surface area contributed by atoms with Crippen molar-refractivity contribution in [3.63, 3.8) is 0 Å². The molecule has 0 aromatic heterocycles. The second-order valence-electron chi connectivity index (χ2n) is 6.18. The van der Waals surface area contributed by atoms with E-state index in [1.54, 1.807) is 0 Å². The second-order valence-corrected chi connectivity index (χ2v) is 6.18. The highest BCUT2D eigenvalue weighted by molar-refractivity contribution is 5.69. The third-order valence-corrected chi connectivity index (χ3v) is 4.08. The first kappa shape index (κ1) is 19.0. The van der Waals surface area contributed by atoms with Crippen molar-refractivity contribution in [2.24, 2.45) is 0 Å². The molecule has 4 nitrogen and oxygen atoms in total. The summed E-state index contributed by atoms with van der Waals surface area (Å²) in [5.74, 6) is -0.150. The van der Waals surface area contributed by atoms with E-state index in [2.05, 4.69) is 0 Å². The fourth-order valence-corrected chi connectivity index (χ4v) is 2.67. The summed E-state index contributed by atoms with van der Waals surface area (Å²) >= 11 is 0. The van der Waals surface area contributed by atoms with E-state index in [0.717, 1.165) is 51.4 Å². The predicted molar refractivity (Wildman–Crippen MR) is 86.6 cm³/mol. The monoisotopic (exact) mass is 312 g/mol. The number of carbonyl (C=O) groups is 2. The number of esters is 2. The summed E-state index contributed by atoms with van der Waals surface area (Å²) in [4.78, 5) is 23.0. The molecule has 1 aliphatic rings. The lowest BCUT2D eigenvalue weighted by Gasteiger charge is -2.07. The Kier molecular flexibility index (Phi) is 11.7. The van der Waals surface area contributed by atoms with Crippen LogP contribution in [0.1, 0.15) is 89.9 Å². The molecule has 1 heterocycles. The predicted octanol–water partition coefficient (Wildman–Crippen LogP) is 4.55. The van der Waals surface area contributed by atoms with Crippen LogP contribution < -0.4 is 0 Å². The number of rotatable bonds is 0. The molecule has 1 aliphatic heterocycles. The molecule has 0 radical (unpaired) electrons. The summed E-state index contributed by atoms with van der Waals surface area (Å²) < 4.78 is 10.5. The molecule has 0 saturated carbocycles. The normalized spacial score (nSPS) is 22.4. The van der Waals surface area contributed by atoms with Crippen molar-refractivity contribution < 1.29 is 19.1 Å². The Morgan fingerprint density at radius 2 is 0.773 bits per heavy atom. The lowest BCUT2D eigenvalue weighted by Crippen LogP contribution is -2.06. The van der Waals surface area contributed by atoms with Crippen molar-refractivity contribution in [2.75, 3.05) is 13.2 Å². The maximum Gasteiger partial charge on any atom is 0.305 e. The molecule has 0 unspecified atom stereocenters. The van der Waals surface area contributed by atoms with Gasteiger partial charge in [-0.05, 0) is 25.7 Å². The molecule has 22 heavy (non-hydrogen) atoms. The lowest BCUT2D eigenvalue weighted by molar-refractivity contribution is -0.145. The minimum Gasteiger partial charge on any atom is -0.466 e. The summed E-state index contributed by atoms with van der Waals surface area (Å²) in [5.41, 5.74) is 0. The molecule has 0 bridgehead atoms. The molecule has 1 fully saturated rings. The molecule has 4 heteroatoms. The molecule has 1 saturated heterocycles. The van der Waals surface area contributed by atoms with Crippen LogP contribution in [0.3, 0.4) is 0 Å². The first-order chi connectivity index (χ1) is 10.8. The topological polar surface area (TPSA) is 52.6 Å². The van der Waals surface area contributed by atoms with Gasteiger partial charge in [-0.25, -0.2) is 0 Å². The molecule has 0 spiro atoms. The lowest BCUT2D eigenvalue weighted by atomic mass is 10.1. The summed E-state index contributed by atoms with van der Waals surface area (Å²) in [5, 5.41) is 0. The third-order valence-electron chi connectivity index (χ3n) is 4.08. The van der Waals surface area contributed by atoms with E-state index in [0.29, 0.717) is 26.1 Å². The van der Waals surface area contributed by atoms with Crippen LogP contribution in [0.4, 0.5) is 0 Å². The van der Waals surface area contributed by atoms with Crippen molar-refractivity contribution in [3.8, 4) is 0 Å². The van der Waals surface area contributed by atoms with Crippen molar-refractivity contribution in [2.45, 2.75) is 89.9 Å². The van der Waals surface area contributed by atoms with Crippen LogP contribution in [0.5, 0.6) is 0 Å². The Morgan fingerprint density at radius 1 is 0.455 bits per heavy atom. The maximum absolute atomic E-state index is 11.5. The molecular weight excluding hydrogens is 280 g/mol. The van der Waals surface area contributed by atoms with E-state index >= 15 is 0 Å². The van der Waals surface area contributed by atoms with Gasteiger partial charge in [0, 0.05) is 12.8 Å². The minimum atomic E-state index is -0.0752. The molecule has 0 atom stereocenters. The smallest absolute Gasteiger partial charge is 0.305 e. The SMILES string of the molecule is O=C1CCCCCCC(=O)OCCCCCCCCCCO1. The Balaban J connectivity index is 2.18. The summed E-state index contributed by atoms with van der Waals surface area (Å²) in [7, 11) is 0. The van der Waals surface area contributed by atoms with Crippen molar-refractivity contribution in [1.29, 1.82) is 0 Å². The number of ether oxygens (including phenoxy) is 2. The number of carbonyl (C=O) groups excluding carboxylic acids is 2. The van der Waals surface area contributed by atoms with Crippen molar-refractivity contribution in [3.05, 3.63) is 0 Å². The van der Waals surface area contributed by atoms with Gasteiger partial charge in [0.2, 0.25) is 0 Å². The first-order valence-electron chi connectivity index (χ1n) is 9.10. The molecule has 0 aromatic rings. The zero-order valence-electron chi connectivity index (χ0n) is 13.9. The summed E-state index contributed by atoms with van der Waals surface area (Å²) in [6.45, 7) is 1.15.